The summed E-state index contributed by atoms with van der Waals surface area (Å²) in [7, 11) is 0. The minimum atomic E-state index is -6.56. The van der Waals surface area contributed by atoms with Crippen molar-refractivity contribution in [3.8, 4) is 5.82 Å². The summed E-state index contributed by atoms with van der Waals surface area (Å²) in [5.74, 6) is -13.5. The molecule has 0 bridgehead atoms. The molecule has 0 aliphatic rings. The highest BCUT2D eigenvalue weighted by Gasteiger charge is 2.74. The predicted octanol–water partition coefficient (Wildman–Crippen LogP) is 5.76. The lowest BCUT2D eigenvalue weighted by Gasteiger charge is -2.26. The maximum absolute atomic E-state index is 14.1. The van der Waals surface area contributed by atoms with E-state index in [1.165, 1.54) is 18.3 Å². The molecule has 19 heteroatoms. The van der Waals surface area contributed by atoms with Crippen LogP contribution in [0.5, 0.6) is 0 Å². The SMILES string of the molecule is CCNC(=O)c1cc(I)cc(C)c1NC(=O)c1cc(Cn2cc(C(F)(F)C(F)(F)C(F)(F)F)nn2)nn1-c1ncccc1Cl. The van der Waals surface area contributed by atoms with Gasteiger partial charge in [-0.15, -0.1) is 5.10 Å². The average Bonchev–Trinajstić information content (AvgIpc) is 3.57. The van der Waals surface area contributed by atoms with Crippen molar-refractivity contribution in [3.63, 3.8) is 0 Å². The number of aryl methyl sites for hydroxylation is 1. The van der Waals surface area contributed by atoms with E-state index < -0.39 is 42.1 Å². The Morgan fingerprint density at radius 3 is 2.41 bits per heavy atom. The molecule has 1 aromatic carbocycles. The van der Waals surface area contributed by atoms with Crippen LogP contribution in [0, 0.1) is 10.5 Å². The van der Waals surface area contributed by atoms with Gasteiger partial charge in [0, 0.05) is 16.3 Å². The van der Waals surface area contributed by atoms with Gasteiger partial charge in [-0.25, -0.2) is 14.3 Å². The molecule has 0 saturated carbocycles. The van der Waals surface area contributed by atoms with Crippen LogP contribution in [0.3, 0.4) is 0 Å². The standard InChI is InChI=1S/C25H19ClF7IN8O2/c1-3-35-21(43)15-8-13(34)7-12(2)19(15)37-22(44)17-9-14(39-42(17)20-16(26)5-4-6-36-20)10-41-11-18(38-40-41)23(27,28)24(29,30)25(31,32)33/h4-9,11H,3,10H2,1-2H3,(H,35,43)(H,37,44). The number of nitrogens with zero attached hydrogens (tertiary/aromatic N) is 6. The second kappa shape index (κ2) is 12.3. The fourth-order valence-corrected chi connectivity index (χ4v) is 4.89. The van der Waals surface area contributed by atoms with Crippen LogP contribution in [0.4, 0.5) is 36.4 Å². The zero-order valence-electron chi connectivity index (χ0n) is 22.4. The van der Waals surface area contributed by atoms with Gasteiger partial charge in [0.1, 0.15) is 5.69 Å². The first-order chi connectivity index (χ1) is 20.5. The van der Waals surface area contributed by atoms with Crippen molar-refractivity contribution in [1.29, 1.82) is 0 Å². The molecule has 0 unspecified atom stereocenters. The highest BCUT2D eigenvalue weighted by Crippen LogP contribution is 2.51. The first kappa shape index (κ1) is 33.1. The van der Waals surface area contributed by atoms with Gasteiger partial charge in [-0.3, -0.25) is 9.59 Å². The molecular formula is C25H19ClF7IN8O2. The number of hydrogen-bond donors (Lipinski definition) is 2. The number of alkyl halides is 7. The average molecular weight is 759 g/mol. The van der Waals surface area contributed by atoms with Crippen LogP contribution in [0.25, 0.3) is 5.82 Å². The molecule has 3 aromatic heterocycles. The van der Waals surface area contributed by atoms with E-state index in [2.05, 4.69) is 31.0 Å². The Kier molecular flexibility index (Phi) is 9.24. The van der Waals surface area contributed by atoms with Crippen molar-refractivity contribution >= 4 is 51.7 Å². The van der Waals surface area contributed by atoms with E-state index in [9.17, 15) is 40.3 Å². The van der Waals surface area contributed by atoms with Crippen LogP contribution < -0.4 is 10.6 Å². The Morgan fingerprint density at radius 2 is 1.77 bits per heavy atom. The van der Waals surface area contributed by atoms with Crippen LogP contribution in [-0.4, -0.2) is 60.2 Å². The molecule has 3 heterocycles. The molecule has 0 radical (unpaired) electrons. The summed E-state index contributed by atoms with van der Waals surface area (Å²) < 4.78 is 95.3. The van der Waals surface area contributed by atoms with Crippen LogP contribution in [0.2, 0.25) is 5.02 Å². The molecule has 2 N–H and O–H groups in total. The third kappa shape index (κ3) is 6.35. The first-order valence-electron chi connectivity index (χ1n) is 12.3. The molecule has 234 valence electrons. The fraction of sp³-hybridized carbons (Fsp3) is 0.280. The molecule has 0 aliphatic heterocycles. The van der Waals surface area contributed by atoms with Gasteiger partial charge in [0.15, 0.2) is 11.5 Å². The van der Waals surface area contributed by atoms with E-state index in [0.29, 0.717) is 16.8 Å². The fourth-order valence-electron chi connectivity index (χ4n) is 3.91. The largest absolute Gasteiger partial charge is 0.460 e. The van der Waals surface area contributed by atoms with Gasteiger partial charge in [-0.2, -0.15) is 35.8 Å². The van der Waals surface area contributed by atoms with Crippen molar-refractivity contribution < 1.29 is 40.3 Å². The van der Waals surface area contributed by atoms with Gasteiger partial charge in [-0.05, 0) is 72.3 Å². The van der Waals surface area contributed by atoms with Gasteiger partial charge in [-0.1, -0.05) is 16.8 Å². The Labute approximate surface area is 262 Å². The lowest BCUT2D eigenvalue weighted by atomic mass is 10.1. The molecule has 4 rings (SSSR count). The zero-order valence-corrected chi connectivity index (χ0v) is 25.3. The second-order valence-electron chi connectivity index (χ2n) is 9.15. The Hall–Kier alpha value is -3.81. The lowest BCUT2D eigenvalue weighted by Crippen LogP contribution is -2.50. The van der Waals surface area contributed by atoms with Crippen LogP contribution in [-0.2, 0) is 12.5 Å². The topological polar surface area (TPSA) is 120 Å². The molecule has 0 fully saturated rings. The summed E-state index contributed by atoms with van der Waals surface area (Å²) in [6.07, 6.45) is -5.01. The summed E-state index contributed by atoms with van der Waals surface area (Å²) in [6.45, 7) is 3.11. The van der Waals surface area contributed by atoms with Gasteiger partial charge in [0.25, 0.3) is 11.8 Å². The van der Waals surface area contributed by atoms with Crippen LogP contribution >= 0.6 is 34.2 Å². The van der Waals surface area contributed by atoms with Gasteiger partial charge < -0.3 is 10.6 Å². The Morgan fingerprint density at radius 1 is 1.07 bits per heavy atom. The van der Waals surface area contributed by atoms with Crippen molar-refractivity contribution in [2.24, 2.45) is 0 Å². The van der Waals surface area contributed by atoms with Crippen LogP contribution in [0.1, 0.15) is 44.7 Å². The number of halogens is 9. The number of nitrogens with one attached hydrogen (secondary N) is 2. The number of hydrogen-bond acceptors (Lipinski definition) is 6. The van der Waals surface area contributed by atoms with Crippen molar-refractivity contribution in [2.45, 2.75) is 38.4 Å². The third-order valence-electron chi connectivity index (χ3n) is 5.99. The van der Waals surface area contributed by atoms with Gasteiger partial charge in [0.2, 0.25) is 0 Å². The molecule has 44 heavy (non-hydrogen) atoms. The maximum Gasteiger partial charge on any atom is 0.460 e. The maximum atomic E-state index is 14.1. The van der Waals surface area contributed by atoms with E-state index >= 15 is 0 Å². The summed E-state index contributed by atoms with van der Waals surface area (Å²) in [5.41, 5.74) is -1.36. The van der Waals surface area contributed by atoms with E-state index in [1.54, 1.807) is 26.0 Å². The van der Waals surface area contributed by atoms with Crippen molar-refractivity contribution in [2.75, 3.05) is 11.9 Å². The Bertz CT molecular complexity index is 1720. The van der Waals surface area contributed by atoms with Crippen LogP contribution in [0.15, 0.2) is 42.7 Å². The van der Waals surface area contributed by atoms with E-state index in [4.69, 9.17) is 11.6 Å². The van der Waals surface area contributed by atoms with Crippen molar-refractivity contribution in [1.82, 2.24) is 35.1 Å². The lowest BCUT2D eigenvalue weighted by molar-refractivity contribution is -0.360. The van der Waals surface area contributed by atoms with E-state index in [-0.39, 0.29) is 39.7 Å². The number of carbonyl (C=O) groups excluding carboxylic acids is 2. The first-order valence-corrected chi connectivity index (χ1v) is 13.8. The highest BCUT2D eigenvalue weighted by atomic mass is 127. The number of benzene rings is 1. The third-order valence-corrected chi connectivity index (χ3v) is 6.91. The van der Waals surface area contributed by atoms with E-state index in [0.717, 1.165) is 14.3 Å². The quantitative estimate of drug-likeness (QED) is 0.166. The monoisotopic (exact) mass is 758 g/mol. The molecule has 2 amide bonds. The number of amides is 2. The predicted molar refractivity (Wildman–Crippen MR) is 150 cm³/mol. The summed E-state index contributed by atoms with van der Waals surface area (Å²) in [5, 5.41) is 15.6. The number of carbonyl (C=O) groups is 2. The van der Waals surface area contributed by atoms with Gasteiger partial charge >= 0.3 is 18.0 Å². The van der Waals surface area contributed by atoms with E-state index in [1.807, 2.05) is 22.6 Å². The highest BCUT2D eigenvalue weighted by molar-refractivity contribution is 14.1. The number of rotatable bonds is 9. The smallest absolute Gasteiger partial charge is 0.352 e. The minimum Gasteiger partial charge on any atom is -0.352 e. The molecular weight excluding hydrogens is 740 g/mol. The number of aromatic nitrogens is 6. The normalized spacial score (nSPS) is 12.3. The Balaban J connectivity index is 1.73. The molecule has 0 spiro atoms. The molecule has 0 saturated heterocycles. The van der Waals surface area contributed by atoms with Gasteiger partial charge in [0.05, 0.1) is 34.7 Å². The number of pyridine rings is 1. The molecule has 10 nitrogen and oxygen atoms in total. The molecule has 4 aromatic rings. The molecule has 0 aliphatic carbocycles. The number of anilines is 1. The van der Waals surface area contributed by atoms with Crippen molar-refractivity contribution in [3.05, 3.63) is 79.5 Å². The summed E-state index contributed by atoms with van der Waals surface area (Å²) >= 11 is 8.27. The summed E-state index contributed by atoms with van der Waals surface area (Å²) in [4.78, 5) is 30.4. The minimum absolute atomic E-state index is 0.0375. The molecule has 0 atom stereocenters. The zero-order chi connectivity index (χ0) is 32.6. The second-order valence-corrected chi connectivity index (χ2v) is 10.8. The summed E-state index contributed by atoms with van der Waals surface area (Å²) in [6, 6.07) is 7.38.